The predicted octanol–water partition coefficient (Wildman–Crippen LogP) is 2.52. The standard InChI is InChI=1S/C11H11BrN4OS/c1-6-4-8(12)9(13-5-6)18-11-15-14-10(17)16(11)7-2-3-7/h4-5,7H,2-3H2,1H3,(H,14,17). The number of nitrogens with one attached hydrogen (secondary N) is 1. The van der Waals surface area contributed by atoms with Crippen molar-refractivity contribution >= 4 is 27.7 Å². The molecule has 5 nitrogen and oxygen atoms in total. The molecule has 2 aromatic rings. The highest BCUT2D eigenvalue weighted by Crippen LogP contribution is 2.38. The SMILES string of the molecule is Cc1cnc(Sc2n[nH]c(=O)n2C2CC2)c(Br)c1. The van der Waals surface area contributed by atoms with Gasteiger partial charge in [0, 0.05) is 12.2 Å². The van der Waals surface area contributed by atoms with Crippen molar-refractivity contribution in [2.75, 3.05) is 0 Å². The fourth-order valence-electron chi connectivity index (χ4n) is 1.70. The van der Waals surface area contributed by atoms with Gasteiger partial charge in [0.2, 0.25) is 0 Å². The Labute approximate surface area is 116 Å². The van der Waals surface area contributed by atoms with Crippen LogP contribution in [0.15, 0.2) is 31.7 Å². The molecular weight excluding hydrogens is 316 g/mol. The maximum absolute atomic E-state index is 11.7. The van der Waals surface area contributed by atoms with Crippen molar-refractivity contribution in [3.63, 3.8) is 0 Å². The van der Waals surface area contributed by atoms with Gasteiger partial charge < -0.3 is 0 Å². The van der Waals surface area contributed by atoms with Crippen LogP contribution in [0, 0.1) is 6.92 Å². The number of aromatic amines is 1. The van der Waals surface area contributed by atoms with E-state index in [9.17, 15) is 4.79 Å². The topological polar surface area (TPSA) is 63.6 Å². The van der Waals surface area contributed by atoms with Gasteiger partial charge in [0.25, 0.3) is 0 Å². The van der Waals surface area contributed by atoms with Gasteiger partial charge in [0.15, 0.2) is 5.16 Å². The molecule has 0 aliphatic heterocycles. The van der Waals surface area contributed by atoms with Crippen molar-refractivity contribution in [1.82, 2.24) is 19.7 Å². The Hall–Kier alpha value is -1.08. The van der Waals surface area contributed by atoms with Crippen molar-refractivity contribution in [3.8, 4) is 0 Å². The van der Waals surface area contributed by atoms with E-state index in [0.29, 0.717) is 11.2 Å². The molecule has 0 radical (unpaired) electrons. The molecule has 1 fully saturated rings. The highest BCUT2D eigenvalue weighted by molar-refractivity contribution is 9.10. The summed E-state index contributed by atoms with van der Waals surface area (Å²) in [7, 11) is 0. The Kier molecular flexibility index (Phi) is 3.03. The molecule has 18 heavy (non-hydrogen) atoms. The molecule has 94 valence electrons. The average Bonchev–Trinajstić information content (AvgIpc) is 3.08. The number of aryl methyl sites for hydroxylation is 1. The first kappa shape index (κ1) is 12.0. The molecule has 2 aromatic heterocycles. The molecule has 7 heteroatoms. The van der Waals surface area contributed by atoms with Crippen LogP contribution in [0.5, 0.6) is 0 Å². The predicted molar refractivity (Wildman–Crippen MR) is 71.9 cm³/mol. The molecule has 1 N–H and O–H groups in total. The zero-order valence-electron chi connectivity index (χ0n) is 9.68. The van der Waals surface area contributed by atoms with Crippen LogP contribution < -0.4 is 5.69 Å². The second kappa shape index (κ2) is 4.55. The lowest BCUT2D eigenvalue weighted by molar-refractivity contribution is 0.642. The molecule has 0 unspecified atom stereocenters. The molecule has 0 atom stereocenters. The van der Waals surface area contributed by atoms with E-state index in [1.807, 2.05) is 13.0 Å². The summed E-state index contributed by atoms with van der Waals surface area (Å²) in [5.41, 5.74) is 0.955. The zero-order valence-corrected chi connectivity index (χ0v) is 12.1. The van der Waals surface area contributed by atoms with Crippen molar-refractivity contribution in [2.24, 2.45) is 0 Å². The minimum Gasteiger partial charge on any atom is -0.267 e. The van der Waals surface area contributed by atoms with Gasteiger partial charge in [0.05, 0.1) is 4.47 Å². The summed E-state index contributed by atoms with van der Waals surface area (Å²) in [6.45, 7) is 1.99. The molecule has 0 saturated heterocycles. The summed E-state index contributed by atoms with van der Waals surface area (Å²) >= 11 is 4.88. The van der Waals surface area contributed by atoms with E-state index in [0.717, 1.165) is 27.9 Å². The summed E-state index contributed by atoms with van der Waals surface area (Å²) in [6.07, 6.45) is 3.91. The minimum absolute atomic E-state index is 0.136. The number of hydrogen-bond donors (Lipinski definition) is 1. The van der Waals surface area contributed by atoms with Crippen LogP contribution in [0.25, 0.3) is 0 Å². The molecule has 1 saturated carbocycles. The first-order chi connectivity index (χ1) is 8.65. The second-order valence-corrected chi connectivity index (χ2v) is 6.12. The lowest BCUT2D eigenvalue weighted by atomic mass is 10.3. The molecule has 2 heterocycles. The first-order valence-electron chi connectivity index (χ1n) is 5.62. The summed E-state index contributed by atoms with van der Waals surface area (Å²) in [5.74, 6) is 0. The third-order valence-electron chi connectivity index (χ3n) is 2.72. The third-order valence-corrected chi connectivity index (χ3v) is 4.57. The molecule has 0 bridgehead atoms. The van der Waals surface area contributed by atoms with Crippen LogP contribution in [-0.2, 0) is 0 Å². The minimum atomic E-state index is -0.136. The fourth-order valence-corrected chi connectivity index (χ4v) is 3.26. The zero-order chi connectivity index (χ0) is 12.7. The Morgan fingerprint density at radius 2 is 2.33 bits per heavy atom. The number of nitrogens with zero attached hydrogens (tertiary/aromatic N) is 3. The highest BCUT2D eigenvalue weighted by Gasteiger charge is 2.29. The maximum Gasteiger partial charge on any atom is 0.344 e. The van der Waals surface area contributed by atoms with Crippen LogP contribution in [0.3, 0.4) is 0 Å². The first-order valence-corrected chi connectivity index (χ1v) is 7.23. The lowest BCUT2D eigenvalue weighted by Gasteiger charge is -2.04. The molecule has 0 amide bonds. The van der Waals surface area contributed by atoms with E-state index in [-0.39, 0.29) is 5.69 Å². The number of H-pyrrole nitrogens is 1. The van der Waals surface area contributed by atoms with Crippen LogP contribution in [-0.4, -0.2) is 19.7 Å². The van der Waals surface area contributed by atoms with Crippen LogP contribution in [0.2, 0.25) is 0 Å². The quantitative estimate of drug-likeness (QED) is 0.941. The molecule has 1 aliphatic carbocycles. The number of pyridine rings is 1. The summed E-state index contributed by atoms with van der Waals surface area (Å²) in [5, 5.41) is 8.07. The summed E-state index contributed by atoms with van der Waals surface area (Å²) in [6, 6.07) is 2.31. The highest BCUT2D eigenvalue weighted by atomic mass is 79.9. The third kappa shape index (κ3) is 2.24. The molecule has 0 aromatic carbocycles. The summed E-state index contributed by atoms with van der Waals surface area (Å²) < 4.78 is 2.64. The molecule has 3 rings (SSSR count). The van der Waals surface area contributed by atoms with Crippen molar-refractivity contribution in [3.05, 3.63) is 32.8 Å². The maximum atomic E-state index is 11.7. The van der Waals surface area contributed by atoms with E-state index >= 15 is 0 Å². The van der Waals surface area contributed by atoms with Crippen LogP contribution >= 0.6 is 27.7 Å². The normalized spacial score (nSPS) is 15.0. The van der Waals surface area contributed by atoms with E-state index in [4.69, 9.17) is 0 Å². The van der Waals surface area contributed by atoms with Gasteiger partial charge in [-0.3, -0.25) is 4.57 Å². The Morgan fingerprint density at radius 1 is 1.56 bits per heavy atom. The number of rotatable bonds is 3. The number of hydrogen-bond acceptors (Lipinski definition) is 4. The van der Waals surface area contributed by atoms with Crippen molar-refractivity contribution < 1.29 is 0 Å². The Balaban J connectivity index is 1.94. The van der Waals surface area contributed by atoms with Gasteiger partial charge in [-0.2, -0.15) is 0 Å². The number of aromatic nitrogens is 4. The molecule has 1 aliphatic rings. The van der Waals surface area contributed by atoms with Crippen LogP contribution in [0.1, 0.15) is 24.4 Å². The van der Waals surface area contributed by atoms with E-state index in [1.165, 1.54) is 11.8 Å². The average molecular weight is 327 g/mol. The number of halogens is 1. The van der Waals surface area contributed by atoms with Gasteiger partial charge in [-0.05, 0) is 59.1 Å². The van der Waals surface area contributed by atoms with Crippen LogP contribution in [0.4, 0.5) is 0 Å². The van der Waals surface area contributed by atoms with Crippen molar-refractivity contribution in [1.29, 1.82) is 0 Å². The Morgan fingerprint density at radius 3 is 3.00 bits per heavy atom. The van der Waals surface area contributed by atoms with Gasteiger partial charge in [0.1, 0.15) is 5.03 Å². The largest absolute Gasteiger partial charge is 0.344 e. The monoisotopic (exact) mass is 326 g/mol. The smallest absolute Gasteiger partial charge is 0.267 e. The van der Waals surface area contributed by atoms with Gasteiger partial charge in [-0.25, -0.2) is 14.9 Å². The van der Waals surface area contributed by atoms with Crippen molar-refractivity contribution in [2.45, 2.75) is 36.0 Å². The molecule has 0 spiro atoms. The van der Waals surface area contributed by atoms with Gasteiger partial charge in [-0.15, -0.1) is 5.10 Å². The Bertz CT molecular complexity index is 647. The van der Waals surface area contributed by atoms with Gasteiger partial charge >= 0.3 is 5.69 Å². The summed E-state index contributed by atoms with van der Waals surface area (Å²) in [4.78, 5) is 16.0. The van der Waals surface area contributed by atoms with Gasteiger partial charge in [-0.1, -0.05) is 0 Å². The lowest BCUT2D eigenvalue weighted by Crippen LogP contribution is -2.16. The fraction of sp³-hybridized carbons (Fsp3) is 0.364. The molecular formula is C11H11BrN4OS. The van der Waals surface area contributed by atoms with E-state index < -0.39 is 0 Å². The second-order valence-electron chi connectivity index (χ2n) is 4.31. The van der Waals surface area contributed by atoms with E-state index in [1.54, 1.807) is 10.8 Å². The van der Waals surface area contributed by atoms with E-state index in [2.05, 4.69) is 31.1 Å².